The number of rotatable bonds is 3. The van der Waals surface area contributed by atoms with E-state index in [-0.39, 0.29) is 11.6 Å². The van der Waals surface area contributed by atoms with Crippen LogP contribution in [-0.4, -0.2) is 36.7 Å². The lowest BCUT2D eigenvalue weighted by molar-refractivity contribution is -0.0869. The molecule has 1 aliphatic heterocycles. The van der Waals surface area contributed by atoms with Crippen LogP contribution in [0.15, 0.2) is 42.5 Å². The van der Waals surface area contributed by atoms with Gasteiger partial charge in [0.05, 0.1) is 12.2 Å². The molecule has 0 amide bonds. The fourth-order valence-electron chi connectivity index (χ4n) is 3.09. The van der Waals surface area contributed by atoms with Crippen LogP contribution in [0.1, 0.15) is 25.5 Å². The third-order valence-corrected chi connectivity index (χ3v) is 4.16. The van der Waals surface area contributed by atoms with Gasteiger partial charge in [-0.15, -0.1) is 0 Å². The highest BCUT2D eigenvalue weighted by molar-refractivity contribution is 5.83. The number of hydrogen-bond donors (Lipinski definition) is 1. The molecule has 3 heteroatoms. The van der Waals surface area contributed by atoms with Crippen molar-refractivity contribution in [3.8, 4) is 0 Å². The van der Waals surface area contributed by atoms with Crippen molar-refractivity contribution in [3.63, 3.8) is 0 Å². The topological polar surface area (TPSA) is 38.5 Å². The van der Waals surface area contributed by atoms with Crippen molar-refractivity contribution in [3.05, 3.63) is 48.0 Å². The molecule has 2 N–H and O–H groups in total. The molecule has 2 aromatic carbocycles. The molecule has 1 unspecified atom stereocenters. The lowest BCUT2D eigenvalue weighted by atomic mass is 10.0. The predicted octanol–water partition coefficient (Wildman–Crippen LogP) is 2.95. The van der Waals surface area contributed by atoms with E-state index in [0.29, 0.717) is 0 Å². The molecule has 112 valence electrons. The molecule has 1 aliphatic rings. The van der Waals surface area contributed by atoms with Gasteiger partial charge in [-0.25, -0.2) is 0 Å². The first-order chi connectivity index (χ1) is 10.0. The summed E-state index contributed by atoms with van der Waals surface area (Å²) in [6, 6.07) is 15.0. The summed E-state index contributed by atoms with van der Waals surface area (Å²) in [5, 5.41) is 2.52. The third kappa shape index (κ3) is 3.43. The van der Waals surface area contributed by atoms with Crippen LogP contribution in [0.5, 0.6) is 0 Å². The highest BCUT2D eigenvalue weighted by Crippen LogP contribution is 2.22. The summed E-state index contributed by atoms with van der Waals surface area (Å²) in [5.41, 5.74) is 7.56. The number of ether oxygens (including phenoxy) is 1. The zero-order valence-corrected chi connectivity index (χ0v) is 12.9. The van der Waals surface area contributed by atoms with E-state index in [1.54, 1.807) is 0 Å². The van der Waals surface area contributed by atoms with E-state index < -0.39 is 0 Å². The van der Waals surface area contributed by atoms with Crippen molar-refractivity contribution in [1.82, 2.24) is 4.90 Å². The van der Waals surface area contributed by atoms with Crippen molar-refractivity contribution >= 4 is 10.8 Å². The standard InChI is InChI=1S/C18H24N2O/c1-18(2)13-20(9-10-21-18)12-17(19)16-8-7-14-5-3-4-6-15(14)11-16/h3-8,11,17H,9-10,12-13,19H2,1-2H3. The lowest BCUT2D eigenvalue weighted by Gasteiger charge is -2.39. The first-order valence-corrected chi connectivity index (χ1v) is 7.64. The molecule has 0 aromatic heterocycles. The smallest absolute Gasteiger partial charge is 0.0753 e. The van der Waals surface area contributed by atoms with Crippen molar-refractivity contribution in [1.29, 1.82) is 0 Å². The van der Waals surface area contributed by atoms with E-state index in [4.69, 9.17) is 10.5 Å². The minimum absolute atomic E-state index is 0.0449. The lowest BCUT2D eigenvalue weighted by Crippen LogP contribution is -2.50. The van der Waals surface area contributed by atoms with Crippen LogP contribution in [0.4, 0.5) is 0 Å². The molecule has 0 aliphatic carbocycles. The first kappa shape index (κ1) is 14.5. The first-order valence-electron chi connectivity index (χ1n) is 7.64. The zero-order valence-electron chi connectivity index (χ0n) is 12.9. The van der Waals surface area contributed by atoms with Gasteiger partial charge in [-0.2, -0.15) is 0 Å². The van der Waals surface area contributed by atoms with Crippen LogP contribution in [0.25, 0.3) is 10.8 Å². The summed E-state index contributed by atoms with van der Waals surface area (Å²) in [6.45, 7) is 7.85. The van der Waals surface area contributed by atoms with Gasteiger partial charge < -0.3 is 10.5 Å². The zero-order chi connectivity index (χ0) is 14.9. The van der Waals surface area contributed by atoms with Crippen molar-refractivity contribution < 1.29 is 4.74 Å². The summed E-state index contributed by atoms with van der Waals surface area (Å²) < 4.78 is 5.76. The molecule has 3 rings (SSSR count). The maximum Gasteiger partial charge on any atom is 0.0753 e. The fourth-order valence-corrected chi connectivity index (χ4v) is 3.09. The monoisotopic (exact) mass is 284 g/mol. The normalized spacial score (nSPS) is 20.5. The molecule has 0 spiro atoms. The molecule has 2 aromatic rings. The maximum absolute atomic E-state index is 6.42. The Balaban J connectivity index is 1.73. The van der Waals surface area contributed by atoms with E-state index in [1.807, 2.05) is 0 Å². The van der Waals surface area contributed by atoms with Gasteiger partial charge in [-0.05, 0) is 36.2 Å². The fraction of sp³-hybridized carbons (Fsp3) is 0.444. The second kappa shape index (κ2) is 5.76. The molecular weight excluding hydrogens is 260 g/mol. The Morgan fingerprint density at radius 3 is 2.71 bits per heavy atom. The van der Waals surface area contributed by atoms with Gasteiger partial charge in [0.1, 0.15) is 0 Å². The summed E-state index contributed by atoms with van der Waals surface area (Å²) in [6.07, 6.45) is 0. The van der Waals surface area contributed by atoms with E-state index >= 15 is 0 Å². The molecule has 3 nitrogen and oxygen atoms in total. The molecule has 1 fully saturated rings. The van der Waals surface area contributed by atoms with Crippen molar-refractivity contribution in [2.75, 3.05) is 26.2 Å². The predicted molar refractivity (Wildman–Crippen MR) is 87.3 cm³/mol. The van der Waals surface area contributed by atoms with Gasteiger partial charge >= 0.3 is 0 Å². The van der Waals surface area contributed by atoms with Crippen LogP contribution in [-0.2, 0) is 4.74 Å². The molecular formula is C18H24N2O. The quantitative estimate of drug-likeness (QED) is 0.942. The second-order valence-corrected chi connectivity index (χ2v) is 6.56. The van der Waals surface area contributed by atoms with Crippen LogP contribution in [0.2, 0.25) is 0 Å². The number of morpholine rings is 1. The second-order valence-electron chi connectivity index (χ2n) is 6.56. The van der Waals surface area contributed by atoms with E-state index in [9.17, 15) is 0 Å². The minimum Gasteiger partial charge on any atom is -0.373 e. The average molecular weight is 284 g/mol. The van der Waals surface area contributed by atoms with E-state index in [1.165, 1.54) is 16.3 Å². The number of hydrogen-bond acceptors (Lipinski definition) is 3. The number of nitrogens with two attached hydrogens (primary N) is 1. The van der Waals surface area contributed by atoms with Gasteiger partial charge in [-0.3, -0.25) is 4.90 Å². The van der Waals surface area contributed by atoms with Crippen LogP contribution < -0.4 is 5.73 Å². The largest absolute Gasteiger partial charge is 0.373 e. The van der Waals surface area contributed by atoms with Gasteiger partial charge in [-0.1, -0.05) is 36.4 Å². The molecule has 0 radical (unpaired) electrons. The Morgan fingerprint density at radius 1 is 1.19 bits per heavy atom. The maximum atomic E-state index is 6.42. The van der Waals surface area contributed by atoms with Crippen molar-refractivity contribution in [2.45, 2.75) is 25.5 Å². The van der Waals surface area contributed by atoms with Crippen LogP contribution in [0, 0.1) is 0 Å². The highest BCUT2D eigenvalue weighted by Gasteiger charge is 2.28. The summed E-state index contributed by atoms with van der Waals surface area (Å²) >= 11 is 0. The molecule has 0 saturated carbocycles. The van der Waals surface area contributed by atoms with E-state index in [2.05, 4.69) is 61.2 Å². The number of fused-ring (bicyclic) bond motifs is 1. The molecule has 1 atom stereocenters. The Morgan fingerprint density at radius 2 is 1.95 bits per heavy atom. The Kier molecular flexibility index (Phi) is 3.98. The summed E-state index contributed by atoms with van der Waals surface area (Å²) in [7, 11) is 0. The van der Waals surface area contributed by atoms with Gasteiger partial charge in [0.15, 0.2) is 0 Å². The highest BCUT2D eigenvalue weighted by atomic mass is 16.5. The van der Waals surface area contributed by atoms with Crippen LogP contribution >= 0.6 is 0 Å². The Hall–Kier alpha value is -1.42. The van der Waals surface area contributed by atoms with Gasteiger partial charge in [0, 0.05) is 25.7 Å². The molecule has 21 heavy (non-hydrogen) atoms. The molecule has 0 bridgehead atoms. The van der Waals surface area contributed by atoms with Gasteiger partial charge in [0.2, 0.25) is 0 Å². The van der Waals surface area contributed by atoms with E-state index in [0.717, 1.165) is 26.2 Å². The Labute approximate surface area is 126 Å². The Bertz CT molecular complexity index is 623. The van der Waals surface area contributed by atoms with Crippen LogP contribution in [0.3, 0.4) is 0 Å². The third-order valence-electron chi connectivity index (χ3n) is 4.16. The summed E-state index contributed by atoms with van der Waals surface area (Å²) in [4.78, 5) is 2.41. The minimum atomic E-state index is -0.0681. The number of benzene rings is 2. The van der Waals surface area contributed by atoms with Crippen molar-refractivity contribution in [2.24, 2.45) is 5.73 Å². The number of nitrogens with zero attached hydrogens (tertiary/aromatic N) is 1. The SMILES string of the molecule is CC1(C)CN(CC(N)c2ccc3ccccc3c2)CCO1. The average Bonchev–Trinajstić information content (AvgIpc) is 2.45. The molecule has 1 saturated heterocycles. The summed E-state index contributed by atoms with van der Waals surface area (Å²) in [5.74, 6) is 0. The molecule has 1 heterocycles. The van der Waals surface area contributed by atoms with Gasteiger partial charge in [0.25, 0.3) is 0 Å².